The number of nitrogens with one attached hydrogen (secondary N) is 1. The minimum Gasteiger partial charge on any atom is -0.394 e. The van der Waals surface area contributed by atoms with Crippen molar-refractivity contribution in [2.45, 2.75) is 38.3 Å². The van der Waals surface area contributed by atoms with Crippen LogP contribution in [0.25, 0.3) is 27.8 Å². The maximum atomic E-state index is 14.5. The van der Waals surface area contributed by atoms with Gasteiger partial charge < -0.3 is 16.2 Å². The number of rotatable bonds is 7. The van der Waals surface area contributed by atoms with Gasteiger partial charge in [0.1, 0.15) is 17.7 Å². The molecule has 0 bridgehead atoms. The van der Waals surface area contributed by atoms with E-state index in [1.807, 2.05) is 30.3 Å². The zero-order valence-electron chi connectivity index (χ0n) is 19.4. The van der Waals surface area contributed by atoms with Crippen LogP contribution >= 0.6 is 0 Å². The molecule has 0 saturated heterocycles. The van der Waals surface area contributed by atoms with Crippen LogP contribution in [0.1, 0.15) is 31.2 Å². The fraction of sp³-hybridized carbons (Fsp3) is 0.346. The Hall–Kier alpha value is -3.74. The smallest absolute Gasteiger partial charge is 0.149 e. The first-order chi connectivity index (χ1) is 17.1. The molecule has 0 spiro atoms. The SMILES string of the molecule is N#Cc1ccc(-c2cc(NC[C@@H]3CCC[C@@H](N)C3)nn2-c2ccc3c(cnn3CCO)c2)cc1F. The van der Waals surface area contributed by atoms with Crippen molar-refractivity contribution in [3.63, 3.8) is 0 Å². The van der Waals surface area contributed by atoms with Crippen LogP contribution in [-0.2, 0) is 6.54 Å². The average molecular weight is 474 g/mol. The van der Waals surface area contributed by atoms with Crippen LogP contribution in [0, 0.1) is 23.1 Å². The molecule has 0 amide bonds. The van der Waals surface area contributed by atoms with E-state index in [1.54, 1.807) is 21.6 Å². The quantitative estimate of drug-likeness (QED) is 0.376. The van der Waals surface area contributed by atoms with Crippen LogP contribution in [0.2, 0.25) is 0 Å². The van der Waals surface area contributed by atoms with Crippen LogP contribution < -0.4 is 11.1 Å². The van der Waals surface area contributed by atoms with Crippen molar-refractivity contribution in [2.24, 2.45) is 11.7 Å². The van der Waals surface area contributed by atoms with Crippen molar-refractivity contribution in [3.05, 3.63) is 60.0 Å². The number of nitrogens with zero attached hydrogens (tertiary/aromatic N) is 5. The number of hydrogen-bond donors (Lipinski definition) is 3. The molecule has 5 rings (SSSR count). The van der Waals surface area contributed by atoms with Crippen LogP contribution in [0.3, 0.4) is 0 Å². The van der Waals surface area contributed by atoms with Gasteiger partial charge in [0.25, 0.3) is 0 Å². The third kappa shape index (κ3) is 4.76. The molecule has 4 aromatic rings. The summed E-state index contributed by atoms with van der Waals surface area (Å²) in [5.41, 5.74) is 9.20. The minimum absolute atomic E-state index is 0.00418. The van der Waals surface area contributed by atoms with E-state index in [0.717, 1.165) is 48.8 Å². The predicted octanol–water partition coefficient (Wildman–Crippen LogP) is 3.82. The highest BCUT2D eigenvalue weighted by atomic mass is 19.1. The number of benzene rings is 2. The Kier molecular flexibility index (Phi) is 6.49. The van der Waals surface area contributed by atoms with Crippen molar-refractivity contribution in [3.8, 4) is 23.0 Å². The van der Waals surface area contributed by atoms with E-state index in [-0.39, 0.29) is 18.2 Å². The predicted molar refractivity (Wildman–Crippen MR) is 132 cm³/mol. The molecule has 9 heteroatoms. The number of aliphatic hydroxyl groups excluding tert-OH is 1. The van der Waals surface area contributed by atoms with Gasteiger partial charge in [0.15, 0.2) is 0 Å². The Morgan fingerprint density at radius 3 is 2.86 bits per heavy atom. The Bertz CT molecular complexity index is 1390. The molecule has 1 aliphatic carbocycles. The fourth-order valence-corrected chi connectivity index (χ4v) is 4.88. The molecule has 1 aliphatic rings. The summed E-state index contributed by atoms with van der Waals surface area (Å²) >= 11 is 0. The maximum Gasteiger partial charge on any atom is 0.149 e. The number of anilines is 1. The monoisotopic (exact) mass is 473 g/mol. The van der Waals surface area contributed by atoms with E-state index in [0.29, 0.717) is 29.5 Å². The molecule has 2 aromatic carbocycles. The summed E-state index contributed by atoms with van der Waals surface area (Å²) in [5.74, 6) is 0.623. The zero-order chi connectivity index (χ0) is 24.4. The molecule has 0 unspecified atom stereocenters. The van der Waals surface area contributed by atoms with Gasteiger partial charge in [-0.2, -0.15) is 10.4 Å². The van der Waals surface area contributed by atoms with Crippen molar-refractivity contribution in [1.82, 2.24) is 19.6 Å². The number of fused-ring (bicyclic) bond motifs is 1. The fourth-order valence-electron chi connectivity index (χ4n) is 4.88. The minimum atomic E-state index is -0.566. The Balaban J connectivity index is 1.51. The summed E-state index contributed by atoms with van der Waals surface area (Å²) < 4.78 is 18.0. The summed E-state index contributed by atoms with van der Waals surface area (Å²) in [4.78, 5) is 0. The molecule has 8 nitrogen and oxygen atoms in total. The first-order valence-electron chi connectivity index (χ1n) is 11.9. The summed E-state index contributed by atoms with van der Waals surface area (Å²) in [6.45, 7) is 1.20. The van der Waals surface area contributed by atoms with Gasteiger partial charge in [-0.3, -0.25) is 4.68 Å². The number of aromatic nitrogens is 4. The van der Waals surface area contributed by atoms with E-state index in [9.17, 15) is 9.50 Å². The van der Waals surface area contributed by atoms with Crippen molar-refractivity contribution in [1.29, 1.82) is 5.26 Å². The second-order valence-corrected chi connectivity index (χ2v) is 9.14. The number of nitrogens with two attached hydrogens (primary N) is 1. The molecule has 1 fully saturated rings. The first kappa shape index (κ1) is 23.0. The number of aliphatic hydroxyl groups is 1. The van der Waals surface area contributed by atoms with E-state index < -0.39 is 5.82 Å². The van der Waals surface area contributed by atoms with Crippen molar-refractivity contribution < 1.29 is 9.50 Å². The number of halogens is 1. The molecular weight excluding hydrogens is 445 g/mol. The van der Waals surface area contributed by atoms with E-state index in [4.69, 9.17) is 16.1 Å². The second-order valence-electron chi connectivity index (χ2n) is 9.14. The van der Waals surface area contributed by atoms with Crippen LogP contribution in [0.4, 0.5) is 10.2 Å². The molecule has 2 atom stereocenters. The van der Waals surface area contributed by atoms with E-state index >= 15 is 0 Å². The summed E-state index contributed by atoms with van der Waals surface area (Å²) in [6.07, 6.45) is 6.11. The lowest BCUT2D eigenvalue weighted by atomic mass is 9.86. The maximum absolute atomic E-state index is 14.5. The molecule has 35 heavy (non-hydrogen) atoms. The lowest BCUT2D eigenvalue weighted by Gasteiger charge is -2.26. The zero-order valence-corrected chi connectivity index (χ0v) is 19.4. The average Bonchev–Trinajstić information content (AvgIpc) is 3.47. The summed E-state index contributed by atoms with van der Waals surface area (Å²) in [7, 11) is 0. The summed E-state index contributed by atoms with van der Waals surface area (Å²) in [5, 5.41) is 31.9. The van der Waals surface area contributed by atoms with E-state index in [2.05, 4.69) is 10.4 Å². The highest BCUT2D eigenvalue weighted by molar-refractivity contribution is 5.81. The molecule has 2 heterocycles. The Labute approximate surface area is 202 Å². The van der Waals surface area contributed by atoms with Crippen LogP contribution in [0.5, 0.6) is 0 Å². The molecule has 0 radical (unpaired) electrons. The third-order valence-corrected chi connectivity index (χ3v) is 6.67. The Morgan fingerprint density at radius 1 is 1.20 bits per heavy atom. The van der Waals surface area contributed by atoms with Crippen molar-refractivity contribution in [2.75, 3.05) is 18.5 Å². The number of nitriles is 1. The summed E-state index contributed by atoms with van der Waals surface area (Å²) in [6, 6.07) is 14.5. The highest BCUT2D eigenvalue weighted by Gasteiger charge is 2.20. The molecular formula is C26H28FN7O. The lowest BCUT2D eigenvalue weighted by Crippen LogP contribution is -2.31. The molecule has 4 N–H and O–H groups in total. The van der Waals surface area contributed by atoms with Crippen LogP contribution in [0.15, 0.2) is 48.7 Å². The van der Waals surface area contributed by atoms with E-state index in [1.165, 1.54) is 12.1 Å². The first-order valence-corrected chi connectivity index (χ1v) is 11.9. The van der Waals surface area contributed by atoms with Gasteiger partial charge in [0.05, 0.1) is 41.8 Å². The van der Waals surface area contributed by atoms with Gasteiger partial charge >= 0.3 is 0 Å². The van der Waals surface area contributed by atoms with Crippen LogP contribution in [-0.4, -0.2) is 43.9 Å². The van der Waals surface area contributed by atoms with Gasteiger partial charge in [-0.1, -0.05) is 12.5 Å². The standard InChI is InChI=1S/C26H28FN7O/c27-23-12-18(4-5-19(23)14-28)25-13-26(30-15-17-2-1-3-21(29)10-17)32-34(25)22-6-7-24-20(11-22)16-31-33(24)8-9-35/h4-7,11-13,16-17,21,35H,1-3,8-10,15,29H2,(H,30,32)/t17-,21-/m1/s1. The van der Waals surface area contributed by atoms with Gasteiger partial charge in [-0.25, -0.2) is 9.07 Å². The largest absolute Gasteiger partial charge is 0.394 e. The number of hydrogen-bond acceptors (Lipinski definition) is 6. The van der Waals surface area contributed by atoms with Gasteiger partial charge in [0.2, 0.25) is 0 Å². The van der Waals surface area contributed by atoms with Gasteiger partial charge in [-0.15, -0.1) is 5.10 Å². The van der Waals surface area contributed by atoms with Gasteiger partial charge in [0, 0.05) is 29.6 Å². The molecule has 0 aliphatic heterocycles. The third-order valence-electron chi connectivity index (χ3n) is 6.67. The Morgan fingerprint density at radius 2 is 2.09 bits per heavy atom. The lowest BCUT2D eigenvalue weighted by molar-refractivity contribution is 0.271. The molecule has 180 valence electrons. The second kappa shape index (κ2) is 9.86. The molecule has 2 aromatic heterocycles. The van der Waals surface area contributed by atoms with Crippen molar-refractivity contribution >= 4 is 16.7 Å². The normalized spacial score (nSPS) is 18.0. The molecule has 1 saturated carbocycles. The topological polar surface area (TPSA) is 118 Å². The highest BCUT2D eigenvalue weighted by Crippen LogP contribution is 2.30. The van der Waals surface area contributed by atoms with Gasteiger partial charge in [-0.05, 0) is 55.5 Å².